The van der Waals surface area contributed by atoms with Crippen molar-refractivity contribution in [2.75, 3.05) is 13.7 Å². The lowest BCUT2D eigenvalue weighted by molar-refractivity contribution is -0.0421. The Morgan fingerprint density at radius 1 is 1.25 bits per heavy atom. The van der Waals surface area contributed by atoms with Gasteiger partial charge in [0.05, 0.1) is 5.60 Å². The van der Waals surface area contributed by atoms with Crippen LogP contribution in [-0.4, -0.2) is 25.3 Å². The topological polar surface area (TPSA) is 21.3 Å². The van der Waals surface area contributed by atoms with Crippen LogP contribution in [0, 0.1) is 0 Å². The third-order valence-corrected chi connectivity index (χ3v) is 2.90. The summed E-state index contributed by atoms with van der Waals surface area (Å²) in [5, 5.41) is 3.41. The van der Waals surface area contributed by atoms with Crippen molar-refractivity contribution in [3.05, 3.63) is 0 Å². The molecule has 0 fully saturated rings. The highest BCUT2D eigenvalue weighted by Gasteiger charge is 2.31. The van der Waals surface area contributed by atoms with Crippen LogP contribution in [0.4, 0.5) is 0 Å². The van der Waals surface area contributed by atoms with Gasteiger partial charge in [-0.1, -0.05) is 20.8 Å². The summed E-state index contributed by atoms with van der Waals surface area (Å²) in [6.07, 6.45) is 2.13. The molecule has 74 valence electrons. The highest BCUT2D eigenvalue weighted by Crippen LogP contribution is 2.23. The molecule has 2 nitrogen and oxygen atoms in total. The van der Waals surface area contributed by atoms with Gasteiger partial charge < -0.3 is 10.1 Å². The fourth-order valence-electron chi connectivity index (χ4n) is 1.82. The van der Waals surface area contributed by atoms with E-state index in [0.717, 1.165) is 19.4 Å². The Morgan fingerprint density at radius 3 is 2.00 bits per heavy atom. The molecule has 1 atom stereocenters. The lowest BCUT2D eigenvalue weighted by Crippen LogP contribution is -2.49. The first kappa shape index (κ1) is 11.9. The number of hydrogen-bond acceptors (Lipinski definition) is 2. The van der Waals surface area contributed by atoms with Gasteiger partial charge in [-0.3, -0.25) is 0 Å². The molecular weight excluding hydrogens is 150 g/mol. The molecule has 0 aliphatic heterocycles. The van der Waals surface area contributed by atoms with E-state index in [9.17, 15) is 0 Å². The van der Waals surface area contributed by atoms with E-state index in [1.807, 2.05) is 0 Å². The molecule has 0 bridgehead atoms. The first-order valence-electron chi connectivity index (χ1n) is 4.95. The Bertz CT molecular complexity index is 102. The molecule has 0 radical (unpaired) electrons. The van der Waals surface area contributed by atoms with E-state index < -0.39 is 0 Å². The van der Waals surface area contributed by atoms with Gasteiger partial charge in [-0.05, 0) is 26.3 Å². The molecule has 0 aromatic carbocycles. The van der Waals surface area contributed by atoms with E-state index in [4.69, 9.17) is 4.74 Å². The summed E-state index contributed by atoms with van der Waals surface area (Å²) in [5.74, 6) is 0. The maximum absolute atomic E-state index is 5.59. The zero-order chi connectivity index (χ0) is 9.61. The summed E-state index contributed by atoms with van der Waals surface area (Å²) in [5.41, 5.74) is 0.0238. The van der Waals surface area contributed by atoms with Crippen LogP contribution in [-0.2, 0) is 4.74 Å². The van der Waals surface area contributed by atoms with Gasteiger partial charge in [0, 0.05) is 13.2 Å². The Morgan fingerprint density at radius 2 is 1.75 bits per heavy atom. The molecule has 0 spiro atoms. The second-order valence-electron chi connectivity index (χ2n) is 3.26. The summed E-state index contributed by atoms with van der Waals surface area (Å²) in [6.45, 7) is 9.69. The summed E-state index contributed by atoms with van der Waals surface area (Å²) >= 11 is 0. The third kappa shape index (κ3) is 2.46. The minimum atomic E-state index is 0.0238. The zero-order valence-electron chi connectivity index (χ0n) is 9.11. The normalized spacial score (nSPS) is 14.8. The summed E-state index contributed by atoms with van der Waals surface area (Å²) in [7, 11) is 1.81. The smallest absolute Gasteiger partial charge is 0.0823 e. The van der Waals surface area contributed by atoms with Gasteiger partial charge in [0.1, 0.15) is 0 Å². The minimum Gasteiger partial charge on any atom is -0.377 e. The van der Waals surface area contributed by atoms with Crippen LogP contribution in [0.15, 0.2) is 0 Å². The molecule has 1 N–H and O–H groups in total. The summed E-state index contributed by atoms with van der Waals surface area (Å²) < 4.78 is 5.59. The van der Waals surface area contributed by atoms with Crippen LogP contribution in [0.25, 0.3) is 0 Å². The molecule has 0 amide bonds. The van der Waals surface area contributed by atoms with Crippen LogP contribution in [0.2, 0.25) is 0 Å². The van der Waals surface area contributed by atoms with Gasteiger partial charge in [-0.15, -0.1) is 0 Å². The SMILES string of the molecule is CCNC(C)C(CC)(CC)OC. The second kappa shape index (κ2) is 5.55. The number of methoxy groups -OCH3 is 1. The van der Waals surface area contributed by atoms with Crippen molar-refractivity contribution in [3.63, 3.8) is 0 Å². The van der Waals surface area contributed by atoms with E-state index in [1.165, 1.54) is 0 Å². The van der Waals surface area contributed by atoms with Gasteiger partial charge in [-0.2, -0.15) is 0 Å². The van der Waals surface area contributed by atoms with E-state index >= 15 is 0 Å². The molecular formula is C10H23NO. The Balaban J connectivity index is 4.24. The molecule has 12 heavy (non-hydrogen) atoms. The van der Waals surface area contributed by atoms with Crippen LogP contribution >= 0.6 is 0 Å². The fraction of sp³-hybridized carbons (Fsp3) is 1.00. The molecule has 0 aromatic heterocycles. The Kier molecular flexibility index (Phi) is 5.51. The molecule has 0 heterocycles. The lowest BCUT2D eigenvalue weighted by Gasteiger charge is -2.36. The molecule has 0 saturated heterocycles. The van der Waals surface area contributed by atoms with Crippen LogP contribution in [0.1, 0.15) is 40.5 Å². The van der Waals surface area contributed by atoms with Crippen molar-refractivity contribution in [1.29, 1.82) is 0 Å². The molecule has 2 heteroatoms. The van der Waals surface area contributed by atoms with Crippen molar-refractivity contribution in [2.45, 2.75) is 52.2 Å². The van der Waals surface area contributed by atoms with Gasteiger partial charge in [0.25, 0.3) is 0 Å². The van der Waals surface area contributed by atoms with Gasteiger partial charge in [-0.25, -0.2) is 0 Å². The molecule has 0 rings (SSSR count). The quantitative estimate of drug-likeness (QED) is 0.665. The number of likely N-dealkylation sites (N-methyl/N-ethyl adjacent to an activating group) is 1. The zero-order valence-corrected chi connectivity index (χ0v) is 9.11. The van der Waals surface area contributed by atoms with Crippen molar-refractivity contribution in [1.82, 2.24) is 5.32 Å². The van der Waals surface area contributed by atoms with Gasteiger partial charge >= 0.3 is 0 Å². The number of nitrogens with one attached hydrogen (secondary N) is 1. The van der Waals surface area contributed by atoms with Gasteiger partial charge in [0.2, 0.25) is 0 Å². The van der Waals surface area contributed by atoms with Crippen molar-refractivity contribution in [2.24, 2.45) is 0 Å². The third-order valence-electron chi connectivity index (χ3n) is 2.90. The molecule has 0 aliphatic rings. The number of rotatable bonds is 6. The Hall–Kier alpha value is -0.0800. The molecule has 0 aliphatic carbocycles. The standard InChI is InChI=1S/C10H23NO/c1-6-10(7-2,12-5)9(4)11-8-3/h9,11H,6-8H2,1-5H3. The summed E-state index contributed by atoms with van der Waals surface area (Å²) in [4.78, 5) is 0. The highest BCUT2D eigenvalue weighted by atomic mass is 16.5. The van der Waals surface area contributed by atoms with Crippen LogP contribution < -0.4 is 5.32 Å². The minimum absolute atomic E-state index is 0.0238. The van der Waals surface area contributed by atoms with Crippen LogP contribution in [0.3, 0.4) is 0 Å². The number of hydrogen-bond donors (Lipinski definition) is 1. The molecule has 0 saturated carbocycles. The molecule has 1 unspecified atom stereocenters. The average molecular weight is 173 g/mol. The Labute approximate surface area is 76.7 Å². The summed E-state index contributed by atoms with van der Waals surface area (Å²) in [6, 6.07) is 0.433. The lowest BCUT2D eigenvalue weighted by atomic mass is 9.89. The molecule has 0 aromatic rings. The van der Waals surface area contributed by atoms with Crippen molar-refractivity contribution in [3.8, 4) is 0 Å². The van der Waals surface area contributed by atoms with E-state index in [2.05, 4.69) is 33.0 Å². The first-order chi connectivity index (χ1) is 5.66. The first-order valence-corrected chi connectivity index (χ1v) is 4.95. The maximum Gasteiger partial charge on any atom is 0.0823 e. The van der Waals surface area contributed by atoms with E-state index in [-0.39, 0.29) is 5.60 Å². The fourth-order valence-corrected chi connectivity index (χ4v) is 1.82. The maximum atomic E-state index is 5.59. The monoisotopic (exact) mass is 173 g/mol. The van der Waals surface area contributed by atoms with E-state index in [0.29, 0.717) is 6.04 Å². The highest BCUT2D eigenvalue weighted by molar-refractivity contribution is 4.87. The van der Waals surface area contributed by atoms with Gasteiger partial charge in [0.15, 0.2) is 0 Å². The van der Waals surface area contributed by atoms with Crippen molar-refractivity contribution >= 4 is 0 Å². The number of ether oxygens (including phenoxy) is 1. The largest absolute Gasteiger partial charge is 0.377 e. The predicted octanol–water partition coefficient (Wildman–Crippen LogP) is 2.19. The average Bonchev–Trinajstić information content (AvgIpc) is 2.09. The van der Waals surface area contributed by atoms with Crippen LogP contribution in [0.5, 0.6) is 0 Å². The van der Waals surface area contributed by atoms with Crippen molar-refractivity contribution < 1.29 is 4.74 Å². The second-order valence-corrected chi connectivity index (χ2v) is 3.26. The van der Waals surface area contributed by atoms with E-state index in [1.54, 1.807) is 7.11 Å². The predicted molar refractivity (Wildman–Crippen MR) is 53.5 cm³/mol.